The summed E-state index contributed by atoms with van der Waals surface area (Å²) in [6, 6.07) is 2.60. The van der Waals surface area contributed by atoms with E-state index in [1.165, 1.54) is 32.6 Å². The fourth-order valence-corrected chi connectivity index (χ4v) is 4.27. The van der Waals surface area contributed by atoms with Gasteiger partial charge in [0.1, 0.15) is 5.75 Å². The second-order valence-corrected chi connectivity index (χ2v) is 6.76. The van der Waals surface area contributed by atoms with Gasteiger partial charge in [-0.2, -0.15) is 10.1 Å². The van der Waals surface area contributed by atoms with E-state index in [2.05, 4.69) is 5.10 Å². The summed E-state index contributed by atoms with van der Waals surface area (Å²) in [7, 11) is 2.72. The molecule has 1 aromatic carbocycles. The van der Waals surface area contributed by atoms with E-state index in [0.29, 0.717) is 0 Å². The van der Waals surface area contributed by atoms with Gasteiger partial charge in [0.05, 0.1) is 37.2 Å². The lowest BCUT2D eigenvalue weighted by Gasteiger charge is -2.13. The van der Waals surface area contributed by atoms with Gasteiger partial charge in [-0.15, -0.1) is 0 Å². The minimum atomic E-state index is -0.588. The average molecular weight is 371 g/mol. The number of methoxy groups -OCH3 is 2. The first-order valence-electron chi connectivity index (χ1n) is 8.46. The van der Waals surface area contributed by atoms with Gasteiger partial charge in [0.2, 0.25) is 5.75 Å². The molecule has 4 atom stereocenters. The fraction of sp³-hybridized carbons (Fsp3) is 0.389. The molecule has 1 saturated heterocycles. The van der Waals surface area contributed by atoms with Gasteiger partial charge < -0.3 is 9.47 Å². The van der Waals surface area contributed by atoms with E-state index in [1.54, 1.807) is 0 Å². The molecule has 2 aliphatic carbocycles. The molecule has 140 valence electrons. The van der Waals surface area contributed by atoms with Gasteiger partial charge in [-0.1, -0.05) is 12.2 Å². The third-order valence-corrected chi connectivity index (χ3v) is 5.49. The maximum absolute atomic E-state index is 12.6. The predicted molar refractivity (Wildman–Crippen MR) is 93.4 cm³/mol. The topological polar surface area (TPSA) is 111 Å². The number of rotatable bonds is 5. The highest BCUT2D eigenvalue weighted by molar-refractivity contribution is 6.07. The smallest absolute Gasteiger partial charge is 0.311 e. The standard InChI is InChI=1S/C18H17N3O6/c1-26-13-7-14(27-2)12(21(24)25)6-11(13)8-19-20-17(22)15-9-3-4-10(5-9)16(15)18(20)23/h3-4,6-10,15-16H,5H2,1-2H3/b19-8-/t9-,10+,15-,16-/m0/s1. The largest absolute Gasteiger partial charge is 0.496 e. The van der Waals surface area contributed by atoms with Crippen molar-refractivity contribution in [2.45, 2.75) is 6.42 Å². The molecule has 1 aromatic rings. The summed E-state index contributed by atoms with van der Waals surface area (Å²) < 4.78 is 10.2. The summed E-state index contributed by atoms with van der Waals surface area (Å²) >= 11 is 0. The highest BCUT2D eigenvalue weighted by Gasteiger charge is 2.59. The number of nitro benzene ring substituents is 1. The van der Waals surface area contributed by atoms with Crippen LogP contribution in [0.1, 0.15) is 12.0 Å². The lowest BCUT2D eigenvalue weighted by Crippen LogP contribution is -2.28. The Morgan fingerprint density at radius 1 is 1.11 bits per heavy atom. The molecule has 27 heavy (non-hydrogen) atoms. The molecule has 1 saturated carbocycles. The zero-order chi connectivity index (χ0) is 19.3. The molecule has 4 rings (SSSR count). The van der Waals surface area contributed by atoms with Gasteiger partial charge in [-0.25, -0.2) is 0 Å². The summed E-state index contributed by atoms with van der Waals surface area (Å²) in [6.07, 6.45) is 6.07. The molecule has 3 aliphatic rings. The normalized spacial score (nSPS) is 28.3. The van der Waals surface area contributed by atoms with Crippen molar-refractivity contribution in [2.24, 2.45) is 28.8 Å². The molecule has 0 aromatic heterocycles. The van der Waals surface area contributed by atoms with Crippen molar-refractivity contribution in [3.63, 3.8) is 0 Å². The summed E-state index contributed by atoms with van der Waals surface area (Å²) in [5.74, 6) is -0.836. The number of nitro groups is 1. The average Bonchev–Trinajstić information content (AvgIpc) is 3.34. The number of hydrogen-bond donors (Lipinski definition) is 0. The number of ether oxygens (including phenoxy) is 2. The molecule has 2 amide bonds. The molecule has 9 nitrogen and oxygen atoms in total. The summed E-state index contributed by atoms with van der Waals surface area (Å²) in [5.41, 5.74) is 0.00157. The van der Waals surface area contributed by atoms with Crippen LogP contribution in [-0.2, 0) is 9.59 Å². The second kappa shape index (κ2) is 6.19. The van der Waals surface area contributed by atoms with Crippen molar-refractivity contribution < 1.29 is 24.0 Å². The fourth-order valence-electron chi connectivity index (χ4n) is 4.27. The number of nitrogens with zero attached hydrogens (tertiary/aromatic N) is 3. The second-order valence-electron chi connectivity index (χ2n) is 6.76. The molecule has 1 heterocycles. The van der Waals surface area contributed by atoms with Crippen LogP contribution in [0.3, 0.4) is 0 Å². The lowest BCUT2D eigenvalue weighted by molar-refractivity contribution is -0.385. The zero-order valence-corrected chi connectivity index (χ0v) is 14.7. The molecular formula is C18H17N3O6. The Morgan fingerprint density at radius 2 is 1.70 bits per heavy atom. The van der Waals surface area contributed by atoms with Gasteiger partial charge in [-0.3, -0.25) is 19.7 Å². The molecule has 2 bridgehead atoms. The Labute approximate surface area is 154 Å². The van der Waals surface area contributed by atoms with Crippen LogP contribution >= 0.6 is 0 Å². The number of carbonyl (C=O) groups excluding carboxylic acids is 2. The van der Waals surface area contributed by atoms with Crippen molar-refractivity contribution in [1.29, 1.82) is 0 Å². The monoisotopic (exact) mass is 371 g/mol. The Balaban J connectivity index is 1.65. The Kier molecular flexibility index (Phi) is 3.94. The van der Waals surface area contributed by atoms with Crippen molar-refractivity contribution in [3.8, 4) is 11.5 Å². The van der Waals surface area contributed by atoms with Gasteiger partial charge in [-0.05, 0) is 18.3 Å². The number of imide groups is 1. The van der Waals surface area contributed by atoms with Gasteiger partial charge in [0.15, 0.2) is 0 Å². The third kappa shape index (κ3) is 2.49. The molecule has 0 radical (unpaired) electrons. The number of hydrogen-bond acceptors (Lipinski definition) is 7. The lowest BCUT2D eigenvalue weighted by atomic mass is 9.85. The maximum atomic E-state index is 12.6. The minimum absolute atomic E-state index is 0.0412. The minimum Gasteiger partial charge on any atom is -0.496 e. The molecular weight excluding hydrogens is 354 g/mol. The Bertz CT molecular complexity index is 879. The summed E-state index contributed by atoms with van der Waals surface area (Å²) in [6.45, 7) is 0. The maximum Gasteiger partial charge on any atom is 0.311 e. The Morgan fingerprint density at radius 3 is 2.22 bits per heavy atom. The van der Waals surface area contributed by atoms with Crippen LogP contribution < -0.4 is 9.47 Å². The molecule has 1 aliphatic heterocycles. The Hall–Kier alpha value is -3.23. The third-order valence-electron chi connectivity index (χ3n) is 5.49. The van der Waals surface area contributed by atoms with Crippen LogP contribution in [0.4, 0.5) is 5.69 Å². The van der Waals surface area contributed by atoms with Crippen molar-refractivity contribution >= 4 is 23.7 Å². The summed E-state index contributed by atoms with van der Waals surface area (Å²) in [5, 5.41) is 16.1. The molecule has 2 fully saturated rings. The van der Waals surface area contributed by atoms with E-state index in [9.17, 15) is 19.7 Å². The van der Waals surface area contributed by atoms with Crippen LogP contribution in [0.15, 0.2) is 29.4 Å². The number of amides is 2. The van der Waals surface area contributed by atoms with Crippen LogP contribution in [0.25, 0.3) is 0 Å². The van der Waals surface area contributed by atoms with Gasteiger partial charge >= 0.3 is 5.69 Å². The number of carbonyl (C=O) groups is 2. The van der Waals surface area contributed by atoms with Crippen LogP contribution in [-0.4, -0.2) is 42.2 Å². The van der Waals surface area contributed by atoms with Crippen molar-refractivity contribution in [1.82, 2.24) is 5.01 Å². The number of fused-ring (bicyclic) bond motifs is 5. The SMILES string of the molecule is COc1cc(OC)c([N+](=O)[O-])cc1/C=N\N1C(=O)[C@@H]2[C@@H](C1=O)[C@H]1C=C[C@@H]2C1. The van der Waals surface area contributed by atoms with Crippen LogP contribution in [0, 0.1) is 33.8 Å². The van der Waals surface area contributed by atoms with Crippen molar-refractivity contribution in [2.75, 3.05) is 14.2 Å². The number of benzene rings is 1. The zero-order valence-electron chi connectivity index (χ0n) is 14.7. The van der Waals surface area contributed by atoms with E-state index >= 15 is 0 Å². The van der Waals surface area contributed by atoms with Gasteiger partial charge in [0.25, 0.3) is 11.8 Å². The van der Waals surface area contributed by atoms with Gasteiger partial charge in [0, 0.05) is 17.7 Å². The van der Waals surface area contributed by atoms with E-state index in [0.717, 1.165) is 11.4 Å². The van der Waals surface area contributed by atoms with Crippen LogP contribution in [0.2, 0.25) is 0 Å². The van der Waals surface area contributed by atoms with E-state index < -0.39 is 4.92 Å². The summed E-state index contributed by atoms with van der Waals surface area (Å²) in [4.78, 5) is 35.9. The van der Waals surface area contributed by atoms with Crippen LogP contribution in [0.5, 0.6) is 11.5 Å². The first kappa shape index (κ1) is 17.2. The quantitative estimate of drug-likeness (QED) is 0.256. The molecule has 0 spiro atoms. The van der Waals surface area contributed by atoms with E-state index in [1.807, 2.05) is 12.2 Å². The highest BCUT2D eigenvalue weighted by atomic mass is 16.6. The number of hydrazone groups is 1. The molecule has 0 N–H and O–H groups in total. The number of allylic oxidation sites excluding steroid dienone is 2. The predicted octanol–water partition coefficient (Wildman–Crippen LogP) is 1.75. The molecule has 0 unspecified atom stereocenters. The van der Waals surface area contributed by atoms with E-state index in [-0.39, 0.29) is 58.2 Å². The van der Waals surface area contributed by atoms with Crippen molar-refractivity contribution in [3.05, 3.63) is 40.0 Å². The highest BCUT2D eigenvalue weighted by Crippen LogP contribution is 2.52. The molecule has 9 heteroatoms. The first-order valence-corrected chi connectivity index (χ1v) is 8.46. The first-order chi connectivity index (χ1) is 13.0. The van der Waals surface area contributed by atoms with E-state index in [4.69, 9.17) is 9.47 Å².